The van der Waals surface area contributed by atoms with Crippen molar-refractivity contribution in [2.75, 3.05) is 47.5 Å². The molecule has 2 aliphatic heterocycles. The van der Waals surface area contributed by atoms with Crippen LogP contribution in [0.25, 0.3) is 22.5 Å². The van der Waals surface area contributed by atoms with Gasteiger partial charge in [-0.15, -0.1) is 0 Å². The molecule has 2 aromatic heterocycles. The van der Waals surface area contributed by atoms with Crippen LogP contribution in [0, 0.1) is 23.7 Å². The zero-order valence-corrected chi connectivity index (χ0v) is 35.5. The smallest absolute Gasteiger partial charge is 0.409 e. The maximum atomic E-state index is 13.9. The summed E-state index contributed by atoms with van der Waals surface area (Å²) in [6.07, 6.45) is 3.19. The highest BCUT2D eigenvalue weighted by atomic mass is 16.5. The fourth-order valence-electron chi connectivity index (χ4n) is 7.56. The van der Waals surface area contributed by atoms with Gasteiger partial charge < -0.3 is 49.5 Å². The second-order valence-electron chi connectivity index (χ2n) is 15.6. The molecule has 2 aromatic carbocycles. The Morgan fingerprint density at radius 1 is 0.656 bits per heavy atom. The number of likely N-dealkylation sites (tertiary alicyclic amines) is 1. The number of rotatable bonds is 10. The molecule has 322 valence electrons. The van der Waals surface area contributed by atoms with Gasteiger partial charge in [0.05, 0.1) is 57.7 Å². The molecule has 0 aliphatic carbocycles. The molecular formula is C44H53N9O8. The minimum atomic E-state index is -0.846. The number of alkyl carbamates (subject to hydrolysis) is 2. The Balaban J connectivity index is 1.12. The number of carbonyl (C=O) groups excluding carboxylic acids is 5. The second-order valence-corrected chi connectivity index (χ2v) is 15.6. The summed E-state index contributed by atoms with van der Waals surface area (Å²) < 4.78 is 14.5. The molecule has 6 rings (SSSR count). The van der Waals surface area contributed by atoms with Crippen LogP contribution in [0.4, 0.5) is 14.4 Å². The van der Waals surface area contributed by atoms with Gasteiger partial charge in [-0.3, -0.25) is 9.59 Å². The van der Waals surface area contributed by atoms with Gasteiger partial charge in [0, 0.05) is 30.8 Å². The highest BCUT2D eigenvalue weighted by molar-refractivity contribution is 5.87. The van der Waals surface area contributed by atoms with Crippen molar-refractivity contribution in [1.82, 2.24) is 45.3 Å². The van der Waals surface area contributed by atoms with E-state index in [-0.39, 0.29) is 49.3 Å². The SMILES string of the molecule is COC(=O)NC(C(=O)N1CCCC1c1ncc(-c2ccc(C#Cc3ccc(-c4cnc(C5CN(C(=O)OC)CCN5C(=O)C(NC(=O)OC)C(C)C)[nH]4)cc3)cc2)[nH]1)C(C)C. The van der Waals surface area contributed by atoms with Crippen LogP contribution in [-0.2, 0) is 23.8 Å². The third kappa shape index (κ3) is 10.1. The molecule has 0 saturated carbocycles. The third-order valence-electron chi connectivity index (χ3n) is 11.0. The van der Waals surface area contributed by atoms with Crippen molar-refractivity contribution in [2.45, 2.75) is 64.7 Å². The first kappa shape index (κ1) is 43.7. The number of hydrogen-bond donors (Lipinski definition) is 4. The van der Waals surface area contributed by atoms with Gasteiger partial charge in [0.1, 0.15) is 29.8 Å². The van der Waals surface area contributed by atoms with Crippen molar-refractivity contribution in [3.63, 3.8) is 0 Å². The van der Waals surface area contributed by atoms with E-state index in [0.717, 1.165) is 40.8 Å². The molecular weight excluding hydrogens is 783 g/mol. The second kappa shape index (κ2) is 19.5. The van der Waals surface area contributed by atoms with Crippen molar-refractivity contribution >= 4 is 30.1 Å². The summed E-state index contributed by atoms with van der Waals surface area (Å²) in [5.74, 6) is 6.81. The van der Waals surface area contributed by atoms with Gasteiger partial charge in [-0.2, -0.15) is 0 Å². The summed E-state index contributed by atoms with van der Waals surface area (Å²) in [5, 5.41) is 5.33. The van der Waals surface area contributed by atoms with Crippen LogP contribution in [0.15, 0.2) is 60.9 Å². The number of aromatic amines is 2. The molecule has 4 aromatic rings. The van der Waals surface area contributed by atoms with Gasteiger partial charge in [0.25, 0.3) is 0 Å². The summed E-state index contributed by atoms with van der Waals surface area (Å²) in [6.45, 7) is 8.63. The van der Waals surface area contributed by atoms with E-state index >= 15 is 0 Å². The highest BCUT2D eigenvalue weighted by Crippen LogP contribution is 2.33. The maximum absolute atomic E-state index is 13.9. The lowest BCUT2D eigenvalue weighted by Gasteiger charge is -2.41. The predicted octanol–water partition coefficient (Wildman–Crippen LogP) is 5.24. The number of piperazine rings is 1. The molecule has 0 radical (unpaired) electrons. The molecule has 4 N–H and O–H groups in total. The van der Waals surface area contributed by atoms with Crippen molar-refractivity contribution < 1.29 is 38.2 Å². The van der Waals surface area contributed by atoms with Crippen LogP contribution in [-0.4, -0.2) is 124 Å². The van der Waals surface area contributed by atoms with Gasteiger partial charge in [0.2, 0.25) is 11.8 Å². The van der Waals surface area contributed by atoms with Crippen LogP contribution in [0.1, 0.15) is 75.4 Å². The van der Waals surface area contributed by atoms with E-state index in [2.05, 4.69) is 42.4 Å². The average molecular weight is 836 g/mol. The first-order valence-corrected chi connectivity index (χ1v) is 20.3. The van der Waals surface area contributed by atoms with Gasteiger partial charge in [-0.05, 0) is 60.1 Å². The summed E-state index contributed by atoms with van der Waals surface area (Å²) in [7, 11) is 3.83. The van der Waals surface area contributed by atoms with Gasteiger partial charge in [0.15, 0.2) is 0 Å². The largest absolute Gasteiger partial charge is 0.453 e. The summed E-state index contributed by atoms with van der Waals surface area (Å²) in [5.41, 5.74) is 4.93. The van der Waals surface area contributed by atoms with E-state index < -0.39 is 36.4 Å². The monoisotopic (exact) mass is 835 g/mol. The number of nitrogens with one attached hydrogen (secondary N) is 4. The Bertz CT molecular complexity index is 2260. The molecule has 61 heavy (non-hydrogen) atoms. The zero-order valence-electron chi connectivity index (χ0n) is 35.5. The fourth-order valence-corrected chi connectivity index (χ4v) is 7.56. The molecule has 0 spiro atoms. The maximum Gasteiger partial charge on any atom is 0.409 e. The van der Waals surface area contributed by atoms with Gasteiger partial charge >= 0.3 is 18.3 Å². The van der Waals surface area contributed by atoms with Gasteiger partial charge in [-0.1, -0.05) is 63.8 Å². The van der Waals surface area contributed by atoms with E-state index in [1.165, 1.54) is 26.2 Å². The quantitative estimate of drug-likeness (QED) is 0.121. The third-order valence-corrected chi connectivity index (χ3v) is 11.0. The van der Waals surface area contributed by atoms with Gasteiger partial charge in [-0.25, -0.2) is 24.4 Å². The van der Waals surface area contributed by atoms with E-state index in [1.54, 1.807) is 22.2 Å². The average Bonchev–Trinajstić information content (AvgIpc) is 4.08. The number of amides is 5. The van der Waals surface area contributed by atoms with Crippen LogP contribution < -0.4 is 10.6 Å². The predicted molar refractivity (Wildman–Crippen MR) is 224 cm³/mol. The van der Waals surface area contributed by atoms with Crippen molar-refractivity contribution in [3.8, 4) is 34.4 Å². The van der Waals surface area contributed by atoms with Crippen LogP contribution in [0.3, 0.4) is 0 Å². The lowest BCUT2D eigenvalue weighted by atomic mass is 10.0. The number of imidazole rings is 2. The zero-order chi connectivity index (χ0) is 43.8. The lowest BCUT2D eigenvalue weighted by molar-refractivity contribution is -0.139. The van der Waals surface area contributed by atoms with Crippen LogP contribution >= 0.6 is 0 Å². The van der Waals surface area contributed by atoms with Crippen LogP contribution in [0.2, 0.25) is 0 Å². The van der Waals surface area contributed by atoms with E-state index in [9.17, 15) is 24.0 Å². The molecule has 4 atom stereocenters. The number of H-pyrrole nitrogens is 2. The molecule has 5 amide bonds. The lowest BCUT2D eigenvalue weighted by Crippen LogP contribution is -2.58. The summed E-state index contributed by atoms with van der Waals surface area (Å²) >= 11 is 0. The van der Waals surface area contributed by atoms with E-state index in [0.29, 0.717) is 23.9 Å². The number of benzene rings is 2. The number of hydrogen-bond acceptors (Lipinski definition) is 10. The number of carbonyl (C=O) groups is 5. The number of nitrogens with zero attached hydrogens (tertiary/aromatic N) is 5. The first-order chi connectivity index (χ1) is 29.3. The Kier molecular flexibility index (Phi) is 14.0. The standard InChI is InChI=1S/C44H53N9O8/c1-26(2)36(49-42(56)59-5)40(54)52-20-8-9-34(52)38-45-23-32(47-38)30-16-12-28(13-17-30)10-11-29-14-18-31(19-15-29)33-24-46-39(48-33)35-25-51(44(58)61-7)21-22-53(35)41(55)37(27(3)4)50-43(57)60-6/h12-19,23-24,26-27,34-37H,8-9,20-22,25H2,1-7H3,(H,45,47)(H,46,48)(H,49,56)(H,50,57). The molecule has 17 nitrogen and oxygen atoms in total. The molecule has 4 unspecified atom stereocenters. The molecule has 4 heterocycles. The Labute approximate surface area is 354 Å². The minimum absolute atomic E-state index is 0.121. The molecule has 2 aliphatic rings. The normalized spacial score (nSPS) is 17.3. The Hall–Kier alpha value is -6.83. The van der Waals surface area contributed by atoms with E-state index in [1.807, 2.05) is 76.2 Å². The Morgan fingerprint density at radius 3 is 1.56 bits per heavy atom. The molecule has 2 saturated heterocycles. The molecule has 17 heteroatoms. The molecule has 2 fully saturated rings. The van der Waals surface area contributed by atoms with Crippen molar-refractivity contribution in [2.24, 2.45) is 11.8 Å². The van der Waals surface area contributed by atoms with Crippen LogP contribution in [0.5, 0.6) is 0 Å². The van der Waals surface area contributed by atoms with E-state index in [4.69, 9.17) is 14.2 Å². The highest BCUT2D eigenvalue weighted by Gasteiger charge is 2.40. The molecule has 0 bridgehead atoms. The number of ether oxygens (including phenoxy) is 3. The van der Waals surface area contributed by atoms with Crippen molar-refractivity contribution in [3.05, 3.63) is 83.7 Å². The fraction of sp³-hybridized carbons (Fsp3) is 0.432. The summed E-state index contributed by atoms with van der Waals surface area (Å²) in [6, 6.07) is 13.1. The number of methoxy groups -OCH3 is 3. The summed E-state index contributed by atoms with van der Waals surface area (Å²) in [4.78, 5) is 84.9. The minimum Gasteiger partial charge on any atom is -0.453 e. The van der Waals surface area contributed by atoms with Crippen molar-refractivity contribution in [1.29, 1.82) is 0 Å². The first-order valence-electron chi connectivity index (χ1n) is 20.3. The number of aromatic nitrogens is 4. The topological polar surface area (TPSA) is 204 Å². The Morgan fingerprint density at radius 2 is 1.11 bits per heavy atom.